The summed E-state index contributed by atoms with van der Waals surface area (Å²) in [5.41, 5.74) is 7.42. The van der Waals surface area contributed by atoms with Crippen molar-refractivity contribution in [2.45, 2.75) is 31.8 Å². The third-order valence-corrected chi connectivity index (χ3v) is 4.34. The van der Waals surface area contributed by atoms with Crippen molar-refractivity contribution in [2.75, 3.05) is 0 Å². The van der Waals surface area contributed by atoms with Crippen LogP contribution in [0.25, 0.3) is 6.08 Å². The van der Waals surface area contributed by atoms with E-state index in [0.717, 1.165) is 24.1 Å². The molecule has 2 amide bonds. The molecule has 1 aliphatic carbocycles. The van der Waals surface area contributed by atoms with Crippen molar-refractivity contribution in [2.24, 2.45) is 5.73 Å². The Kier molecular flexibility index (Phi) is 4.93. The van der Waals surface area contributed by atoms with E-state index in [2.05, 4.69) is 4.98 Å². The van der Waals surface area contributed by atoms with Crippen LogP contribution in [0.4, 0.5) is 0 Å². The summed E-state index contributed by atoms with van der Waals surface area (Å²) >= 11 is 0. The molecule has 1 unspecified atom stereocenters. The molecule has 1 aliphatic rings. The molecule has 1 heterocycles. The third kappa shape index (κ3) is 4.12. The van der Waals surface area contributed by atoms with E-state index in [9.17, 15) is 9.59 Å². The minimum atomic E-state index is -0.462. The van der Waals surface area contributed by atoms with Gasteiger partial charge in [-0.1, -0.05) is 18.2 Å². The van der Waals surface area contributed by atoms with Crippen molar-refractivity contribution in [1.82, 2.24) is 9.88 Å². The molecular weight excluding hydrogens is 314 g/mol. The van der Waals surface area contributed by atoms with E-state index in [1.54, 1.807) is 42.6 Å². The second-order valence-corrected chi connectivity index (χ2v) is 6.23. The van der Waals surface area contributed by atoms with E-state index in [-0.39, 0.29) is 18.0 Å². The Morgan fingerprint density at radius 2 is 1.92 bits per heavy atom. The zero-order valence-electron chi connectivity index (χ0n) is 14.1. The number of nitrogens with zero attached hydrogens (tertiary/aromatic N) is 2. The molecule has 0 spiro atoms. The summed E-state index contributed by atoms with van der Waals surface area (Å²) < 4.78 is 0. The van der Waals surface area contributed by atoms with E-state index in [4.69, 9.17) is 5.73 Å². The molecule has 128 valence electrons. The van der Waals surface area contributed by atoms with Crippen molar-refractivity contribution in [1.29, 1.82) is 0 Å². The molecule has 1 fully saturated rings. The lowest BCUT2D eigenvalue weighted by molar-refractivity contribution is -0.128. The summed E-state index contributed by atoms with van der Waals surface area (Å²) in [6.07, 6.45) is 7.15. The van der Waals surface area contributed by atoms with Gasteiger partial charge in [0.05, 0.1) is 11.7 Å². The number of rotatable bonds is 6. The Bertz CT molecular complexity index is 780. The normalized spacial score (nSPS) is 15.1. The van der Waals surface area contributed by atoms with E-state index in [1.165, 1.54) is 0 Å². The Morgan fingerprint density at radius 3 is 2.48 bits per heavy atom. The highest BCUT2D eigenvalue weighted by Crippen LogP contribution is 2.34. The molecule has 2 N–H and O–H groups in total. The van der Waals surface area contributed by atoms with Gasteiger partial charge in [-0.3, -0.25) is 14.6 Å². The first-order valence-electron chi connectivity index (χ1n) is 8.37. The van der Waals surface area contributed by atoms with Gasteiger partial charge >= 0.3 is 0 Å². The number of amides is 2. The molecule has 3 rings (SSSR count). The Balaban J connectivity index is 1.74. The molecule has 0 radical (unpaired) electrons. The Hall–Kier alpha value is -2.95. The number of pyridine rings is 1. The minimum absolute atomic E-state index is 0.0281. The lowest BCUT2D eigenvalue weighted by Gasteiger charge is -2.28. The van der Waals surface area contributed by atoms with E-state index < -0.39 is 5.91 Å². The number of hydrogen-bond donors (Lipinski definition) is 1. The van der Waals surface area contributed by atoms with Crippen LogP contribution >= 0.6 is 0 Å². The van der Waals surface area contributed by atoms with Crippen LogP contribution in [-0.4, -0.2) is 27.7 Å². The predicted octanol–water partition coefficient (Wildman–Crippen LogP) is 2.95. The molecule has 1 atom stereocenters. The van der Waals surface area contributed by atoms with Crippen molar-refractivity contribution in [3.8, 4) is 0 Å². The summed E-state index contributed by atoms with van der Waals surface area (Å²) in [6.45, 7) is 2.01. The van der Waals surface area contributed by atoms with Crippen LogP contribution in [0.1, 0.15) is 47.4 Å². The van der Waals surface area contributed by atoms with Gasteiger partial charge in [0.2, 0.25) is 11.8 Å². The molecule has 2 aromatic rings. The summed E-state index contributed by atoms with van der Waals surface area (Å²) in [5.74, 6) is -0.490. The van der Waals surface area contributed by atoms with Crippen molar-refractivity contribution in [3.05, 3.63) is 71.6 Å². The van der Waals surface area contributed by atoms with Gasteiger partial charge in [-0.25, -0.2) is 0 Å². The molecular formula is C20H21N3O2. The minimum Gasteiger partial charge on any atom is -0.366 e. The summed E-state index contributed by atoms with van der Waals surface area (Å²) in [7, 11) is 0. The van der Waals surface area contributed by atoms with Gasteiger partial charge in [-0.2, -0.15) is 0 Å². The topological polar surface area (TPSA) is 76.3 Å². The van der Waals surface area contributed by atoms with Gasteiger partial charge < -0.3 is 10.6 Å². The molecule has 5 nitrogen and oxygen atoms in total. The van der Waals surface area contributed by atoms with Crippen molar-refractivity contribution in [3.63, 3.8) is 0 Å². The van der Waals surface area contributed by atoms with E-state index >= 15 is 0 Å². The van der Waals surface area contributed by atoms with Crippen molar-refractivity contribution >= 4 is 17.9 Å². The van der Waals surface area contributed by atoms with Crippen LogP contribution in [0.5, 0.6) is 0 Å². The quantitative estimate of drug-likeness (QED) is 0.825. The molecule has 5 heteroatoms. The summed E-state index contributed by atoms with van der Waals surface area (Å²) in [5, 5.41) is 0. The second-order valence-electron chi connectivity index (χ2n) is 6.23. The van der Waals surface area contributed by atoms with Crippen molar-refractivity contribution < 1.29 is 9.59 Å². The lowest BCUT2D eigenvalue weighted by atomic mass is 10.1. The number of aromatic nitrogens is 1. The highest BCUT2D eigenvalue weighted by atomic mass is 16.2. The number of nitrogens with two attached hydrogens (primary N) is 1. The predicted molar refractivity (Wildman–Crippen MR) is 96.5 cm³/mol. The molecule has 1 aromatic carbocycles. The van der Waals surface area contributed by atoms with Crippen LogP contribution in [-0.2, 0) is 4.79 Å². The maximum absolute atomic E-state index is 12.7. The highest BCUT2D eigenvalue weighted by molar-refractivity contribution is 5.94. The van der Waals surface area contributed by atoms with E-state index in [0.29, 0.717) is 5.56 Å². The summed E-state index contributed by atoms with van der Waals surface area (Å²) in [6, 6.07) is 12.8. The fraction of sp³-hybridized carbons (Fsp3) is 0.250. The molecule has 0 aliphatic heterocycles. The maximum atomic E-state index is 12.7. The number of carbonyl (C=O) groups is 2. The Labute approximate surface area is 147 Å². The van der Waals surface area contributed by atoms with Gasteiger partial charge in [0.1, 0.15) is 0 Å². The van der Waals surface area contributed by atoms with Gasteiger partial charge in [-0.05, 0) is 55.7 Å². The number of hydrogen-bond acceptors (Lipinski definition) is 3. The number of benzene rings is 1. The summed E-state index contributed by atoms with van der Waals surface area (Å²) in [4.78, 5) is 30.1. The largest absolute Gasteiger partial charge is 0.366 e. The van der Waals surface area contributed by atoms with Gasteiger partial charge in [0.25, 0.3) is 0 Å². The molecule has 0 bridgehead atoms. The first-order valence-corrected chi connectivity index (χ1v) is 8.37. The SMILES string of the molecule is CC(c1ccccn1)N(C(=O)/C=C/c1ccc(C(N)=O)cc1)C1CC1. The third-order valence-electron chi connectivity index (χ3n) is 4.34. The molecule has 0 saturated heterocycles. The maximum Gasteiger partial charge on any atom is 0.248 e. The van der Waals surface area contributed by atoms with Gasteiger partial charge in [-0.15, -0.1) is 0 Å². The lowest BCUT2D eigenvalue weighted by Crippen LogP contribution is -2.34. The monoisotopic (exact) mass is 335 g/mol. The van der Waals surface area contributed by atoms with Crippen LogP contribution in [0.2, 0.25) is 0 Å². The standard InChI is InChI=1S/C20H21N3O2/c1-14(18-4-2-3-13-22-18)23(17-10-11-17)19(24)12-7-15-5-8-16(9-6-15)20(21)25/h2-9,12-14,17H,10-11H2,1H3,(H2,21,25)/b12-7+. The first-order chi connectivity index (χ1) is 12.1. The van der Waals surface area contributed by atoms with Gasteiger partial charge in [0.15, 0.2) is 0 Å². The average Bonchev–Trinajstić information content (AvgIpc) is 3.46. The zero-order chi connectivity index (χ0) is 17.8. The fourth-order valence-electron chi connectivity index (χ4n) is 2.82. The van der Waals surface area contributed by atoms with Crippen LogP contribution in [0.3, 0.4) is 0 Å². The molecule has 1 saturated carbocycles. The van der Waals surface area contributed by atoms with E-state index in [1.807, 2.05) is 30.0 Å². The molecule has 25 heavy (non-hydrogen) atoms. The van der Waals surface area contributed by atoms with Crippen LogP contribution in [0, 0.1) is 0 Å². The van der Waals surface area contributed by atoms with Gasteiger partial charge in [0, 0.05) is 23.9 Å². The number of carbonyl (C=O) groups excluding carboxylic acids is 2. The second kappa shape index (κ2) is 7.30. The highest BCUT2D eigenvalue weighted by Gasteiger charge is 2.35. The smallest absolute Gasteiger partial charge is 0.248 e. The molecule has 1 aromatic heterocycles. The first kappa shape index (κ1) is 16.9. The van der Waals surface area contributed by atoms with Crippen LogP contribution < -0.4 is 5.73 Å². The fourth-order valence-corrected chi connectivity index (χ4v) is 2.82. The zero-order valence-corrected chi connectivity index (χ0v) is 14.1. The average molecular weight is 335 g/mol. The Morgan fingerprint density at radius 1 is 1.20 bits per heavy atom. The number of primary amides is 1. The van der Waals surface area contributed by atoms with Crippen LogP contribution in [0.15, 0.2) is 54.7 Å².